The van der Waals surface area contributed by atoms with Crippen LogP contribution in [-0.4, -0.2) is 23.3 Å². The highest BCUT2D eigenvalue weighted by Crippen LogP contribution is 2.24. The van der Waals surface area contributed by atoms with Gasteiger partial charge in [0, 0.05) is 0 Å². The number of aliphatic hydroxyl groups is 1. The zero-order chi connectivity index (χ0) is 10.7. The molecule has 0 saturated heterocycles. The van der Waals surface area contributed by atoms with Gasteiger partial charge in [-0.1, -0.05) is 0 Å². The molecule has 0 atom stereocenters. The number of carbonyl (C=O) groups is 1. The molecule has 14 heavy (non-hydrogen) atoms. The Morgan fingerprint density at radius 2 is 2.14 bits per heavy atom. The van der Waals surface area contributed by atoms with Crippen molar-refractivity contribution in [2.75, 3.05) is 7.11 Å². The van der Waals surface area contributed by atoms with E-state index in [9.17, 15) is 4.79 Å². The van der Waals surface area contributed by atoms with Crippen LogP contribution in [-0.2, 0) is 6.61 Å². The van der Waals surface area contributed by atoms with E-state index < -0.39 is 5.97 Å². The van der Waals surface area contributed by atoms with Crippen LogP contribution < -0.4 is 4.74 Å². The van der Waals surface area contributed by atoms with Crippen LogP contribution in [0.2, 0.25) is 0 Å². The molecular weight excluding hydrogens is 184 g/mol. The van der Waals surface area contributed by atoms with Crippen LogP contribution in [0.25, 0.3) is 0 Å². The normalized spacial score (nSPS) is 9.93. The summed E-state index contributed by atoms with van der Waals surface area (Å²) in [5, 5.41) is 17.9. The van der Waals surface area contributed by atoms with E-state index in [0.717, 1.165) is 0 Å². The van der Waals surface area contributed by atoms with Crippen LogP contribution in [0.5, 0.6) is 5.75 Å². The molecular formula is C10H12O4. The number of rotatable bonds is 3. The Kier molecular flexibility index (Phi) is 3.09. The molecule has 0 aliphatic carbocycles. The number of aromatic carboxylic acids is 1. The van der Waals surface area contributed by atoms with Crippen LogP contribution >= 0.6 is 0 Å². The summed E-state index contributed by atoms with van der Waals surface area (Å²) in [4.78, 5) is 10.8. The predicted molar refractivity (Wildman–Crippen MR) is 50.6 cm³/mol. The van der Waals surface area contributed by atoms with Crippen molar-refractivity contribution >= 4 is 5.97 Å². The molecule has 0 aliphatic heterocycles. The topological polar surface area (TPSA) is 66.8 Å². The van der Waals surface area contributed by atoms with Gasteiger partial charge in [-0.15, -0.1) is 0 Å². The molecule has 2 N–H and O–H groups in total. The molecule has 0 heterocycles. The van der Waals surface area contributed by atoms with Gasteiger partial charge < -0.3 is 14.9 Å². The first kappa shape index (κ1) is 10.5. The van der Waals surface area contributed by atoms with Crippen molar-refractivity contribution in [3.8, 4) is 5.75 Å². The third-order valence-electron chi connectivity index (χ3n) is 2.16. The third kappa shape index (κ3) is 1.70. The summed E-state index contributed by atoms with van der Waals surface area (Å²) in [6, 6.07) is 3.01. The van der Waals surface area contributed by atoms with E-state index in [2.05, 4.69) is 0 Å². The first-order valence-electron chi connectivity index (χ1n) is 4.12. The molecule has 0 spiro atoms. The summed E-state index contributed by atoms with van der Waals surface area (Å²) in [6.45, 7) is 1.42. The lowest BCUT2D eigenvalue weighted by atomic mass is 10.0. The molecule has 1 aromatic rings. The number of ether oxygens (including phenoxy) is 1. The highest BCUT2D eigenvalue weighted by molar-refractivity contribution is 5.90. The first-order chi connectivity index (χ1) is 6.61. The van der Waals surface area contributed by atoms with Crippen molar-refractivity contribution in [2.45, 2.75) is 13.5 Å². The second-order valence-corrected chi connectivity index (χ2v) is 2.88. The summed E-state index contributed by atoms with van der Waals surface area (Å²) >= 11 is 0. The molecule has 0 amide bonds. The fourth-order valence-electron chi connectivity index (χ4n) is 1.36. The lowest BCUT2D eigenvalue weighted by Gasteiger charge is -2.11. The maximum atomic E-state index is 10.8. The molecule has 76 valence electrons. The third-order valence-corrected chi connectivity index (χ3v) is 2.16. The van der Waals surface area contributed by atoms with Gasteiger partial charge in [0.25, 0.3) is 0 Å². The van der Waals surface area contributed by atoms with Gasteiger partial charge >= 0.3 is 5.97 Å². The van der Waals surface area contributed by atoms with Gasteiger partial charge in [-0.3, -0.25) is 0 Å². The van der Waals surface area contributed by atoms with Gasteiger partial charge in [-0.25, -0.2) is 4.79 Å². The minimum Gasteiger partial charge on any atom is -0.496 e. The quantitative estimate of drug-likeness (QED) is 0.762. The maximum absolute atomic E-state index is 10.8. The lowest BCUT2D eigenvalue weighted by Crippen LogP contribution is -2.05. The minimum absolute atomic E-state index is 0.116. The van der Waals surface area contributed by atoms with Crippen LogP contribution in [0.3, 0.4) is 0 Å². The SMILES string of the molecule is COc1ccc(C(=O)O)c(CO)c1C. The predicted octanol–water partition coefficient (Wildman–Crippen LogP) is 1.19. The van der Waals surface area contributed by atoms with Crippen molar-refractivity contribution in [1.82, 2.24) is 0 Å². The number of carboxylic acid groups (broad SMARTS) is 1. The largest absolute Gasteiger partial charge is 0.496 e. The Hall–Kier alpha value is -1.55. The fourth-order valence-corrected chi connectivity index (χ4v) is 1.36. The zero-order valence-corrected chi connectivity index (χ0v) is 8.07. The maximum Gasteiger partial charge on any atom is 0.336 e. The van der Waals surface area contributed by atoms with Gasteiger partial charge in [-0.05, 0) is 30.2 Å². The Labute approximate surface area is 81.8 Å². The Balaban J connectivity index is 3.35. The Bertz CT molecular complexity index is 357. The van der Waals surface area contributed by atoms with Crippen molar-refractivity contribution in [1.29, 1.82) is 0 Å². The molecule has 0 bridgehead atoms. The van der Waals surface area contributed by atoms with Gasteiger partial charge in [0.05, 0.1) is 19.3 Å². The van der Waals surface area contributed by atoms with E-state index in [4.69, 9.17) is 14.9 Å². The average molecular weight is 196 g/mol. The summed E-state index contributed by atoms with van der Waals surface area (Å²) in [5.41, 5.74) is 1.18. The Morgan fingerprint density at radius 3 is 2.57 bits per heavy atom. The van der Waals surface area contributed by atoms with Crippen LogP contribution in [0.4, 0.5) is 0 Å². The van der Waals surface area contributed by atoms with Gasteiger partial charge in [-0.2, -0.15) is 0 Å². The van der Waals surface area contributed by atoms with Gasteiger partial charge in [0.15, 0.2) is 0 Å². The molecule has 0 unspecified atom stereocenters. The molecule has 1 rings (SSSR count). The first-order valence-corrected chi connectivity index (χ1v) is 4.12. The van der Waals surface area contributed by atoms with Crippen molar-refractivity contribution in [3.05, 3.63) is 28.8 Å². The lowest BCUT2D eigenvalue weighted by molar-refractivity contribution is 0.0693. The summed E-state index contributed by atoms with van der Waals surface area (Å²) < 4.78 is 5.02. The average Bonchev–Trinajstić information content (AvgIpc) is 2.17. The standard InChI is InChI=1S/C10H12O4/c1-6-8(5-11)7(10(12)13)3-4-9(6)14-2/h3-4,11H,5H2,1-2H3,(H,12,13). The molecule has 0 radical (unpaired) electrons. The molecule has 0 fully saturated rings. The highest BCUT2D eigenvalue weighted by Gasteiger charge is 2.14. The van der Waals surface area contributed by atoms with Crippen molar-refractivity contribution in [3.63, 3.8) is 0 Å². The van der Waals surface area contributed by atoms with Gasteiger partial charge in [0.2, 0.25) is 0 Å². The zero-order valence-electron chi connectivity index (χ0n) is 8.07. The highest BCUT2D eigenvalue weighted by atomic mass is 16.5. The number of methoxy groups -OCH3 is 1. The fraction of sp³-hybridized carbons (Fsp3) is 0.300. The summed E-state index contributed by atoms with van der Waals surface area (Å²) in [6.07, 6.45) is 0. The summed E-state index contributed by atoms with van der Waals surface area (Å²) in [5.74, 6) is -0.459. The molecule has 0 aromatic heterocycles. The molecule has 1 aromatic carbocycles. The van der Waals surface area contributed by atoms with E-state index in [1.165, 1.54) is 13.2 Å². The second kappa shape index (κ2) is 4.11. The molecule has 4 heteroatoms. The molecule has 0 saturated carbocycles. The monoisotopic (exact) mass is 196 g/mol. The number of benzene rings is 1. The number of hydrogen-bond donors (Lipinski definition) is 2. The Morgan fingerprint density at radius 1 is 1.50 bits per heavy atom. The van der Waals surface area contributed by atoms with Gasteiger partial charge in [0.1, 0.15) is 5.75 Å². The van der Waals surface area contributed by atoms with Crippen LogP contribution in [0, 0.1) is 6.92 Å². The van der Waals surface area contributed by atoms with Crippen molar-refractivity contribution < 1.29 is 19.7 Å². The summed E-state index contributed by atoms with van der Waals surface area (Å²) in [7, 11) is 1.50. The van der Waals surface area contributed by atoms with Crippen molar-refractivity contribution in [2.24, 2.45) is 0 Å². The van der Waals surface area contributed by atoms with Crippen LogP contribution in [0.15, 0.2) is 12.1 Å². The minimum atomic E-state index is -1.04. The second-order valence-electron chi connectivity index (χ2n) is 2.88. The van der Waals surface area contributed by atoms with E-state index in [-0.39, 0.29) is 12.2 Å². The molecule has 0 aliphatic rings. The smallest absolute Gasteiger partial charge is 0.336 e. The molecule has 4 nitrogen and oxygen atoms in total. The van der Waals surface area contributed by atoms with E-state index in [1.807, 2.05) is 0 Å². The number of carboxylic acids is 1. The van der Waals surface area contributed by atoms with E-state index in [0.29, 0.717) is 16.9 Å². The van der Waals surface area contributed by atoms with E-state index in [1.54, 1.807) is 13.0 Å². The number of hydrogen-bond acceptors (Lipinski definition) is 3. The van der Waals surface area contributed by atoms with E-state index >= 15 is 0 Å². The number of aliphatic hydroxyl groups excluding tert-OH is 1. The van der Waals surface area contributed by atoms with Crippen LogP contribution in [0.1, 0.15) is 21.5 Å².